The third-order valence-electron chi connectivity index (χ3n) is 7.33. The molecular formula is C20H31ClO4. The van der Waals surface area contributed by atoms with Gasteiger partial charge in [-0.25, -0.2) is 0 Å². The number of aliphatic hydroxyl groups excluding tert-OH is 3. The first kappa shape index (κ1) is 19.4. The van der Waals surface area contributed by atoms with Gasteiger partial charge >= 0.3 is 0 Å². The lowest BCUT2D eigenvalue weighted by atomic mass is 9.46. The second-order valence-electron chi connectivity index (χ2n) is 8.74. The van der Waals surface area contributed by atoms with Gasteiger partial charge in [0, 0.05) is 16.7 Å². The van der Waals surface area contributed by atoms with Gasteiger partial charge in [0.1, 0.15) is 0 Å². The Balaban J connectivity index is 1.94. The van der Waals surface area contributed by atoms with E-state index in [0.717, 1.165) is 24.0 Å². The zero-order valence-electron chi connectivity index (χ0n) is 15.4. The molecule has 2 aliphatic carbocycles. The van der Waals surface area contributed by atoms with Gasteiger partial charge in [-0.05, 0) is 49.5 Å². The molecule has 0 amide bonds. The summed E-state index contributed by atoms with van der Waals surface area (Å²) in [6, 6.07) is 0. The Morgan fingerprint density at radius 1 is 1.44 bits per heavy atom. The molecule has 0 spiro atoms. The van der Waals surface area contributed by atoms with Crippen molar-refractivity contribution in [3.8, 4) is 0 Å². The summed E-state index contributed by atoms with van der Waals surface area (Å²) < 4.78 is 5.48. The van der Waals surface area contributed by atoms with E-state index < -0.39 is 23.9 Å². The molecule has 5 heteroatoms. The summed E-state index contributed by atoms with van der Waals surface area (Å²) in [5.41, 5.74) is 1.14. The topological polar surface area (TPSA) is 69.9 Å². The zero-order valence-corrected chi connectivity index (χ0v) is 16.2. The van der Waals surface area contributed by atoms with Gasteiger partial charge in [-0.2, -0.15) is 0 Å². The van der Waals surface area contributed by atoms with Crippen molar-refractivity contribution < 1.29 is 20.1 Å². The molecule has 0 bridgehead atoms. The molecule has 3 rings (SSSR count). The Hall–Kier alpha value is -0.390. The average molecular weight is 371 g/mol. The van der Waals surface area contributed by atoms with Crippen LogP contribution in [0.15, 0.2) is 23.8 Å². The fourth-order valence-electron chi connectivity index (χ4n) is 5.56. The van der Waals surface area contributed by atoms with Crippen molar-refractivity contribution >= 4 is 11.6 Å². The predicted molar refractivity (Wildman–Crippen MR) is 98.2 cm³/mol. The Labute approximate surface area is 155 Å². The summed E-state index contributed by atoms with van der Waals surface area (Å²) >= 11 is 6.76. The van der Waals surface area contributed by atoms with Gasteiger partial charge in [-0.15, -0.1) is 11.6 Å². The van der Waals surface area contributed by atoms with Crippen LogP contribution in [-0.4, -0.2) is 45.8 Å². The van der Waals surface area contributed by atoms with Crippen LogP contribution in [0.25, 0.3) is 0 Å². The molecule has 4 nitrogen and oxygen atoms in total. The second-order valence-corrected chi connectivity index (χ2v) is 9.27. The average Bonchev–Trinajstić information content (AvgIpc) is 2.93. The van der Waals surface area contributed by atoms with E-state index in [1.807, 2.05) is 6.92 Å². The molecule has 142 valence electrons. The van der Waals surface area contributed by atoms with Crippen LogP contribution in [0.5, 0.6) is 0 Å². The van der Waals surface area contributed by atoms with Crippen molar-refractivity contribution in [3.63, 3.8) is 0 Å². The molecule has 0 aromatic heterocycles. The molecule has 0 aromatic rings. The molecule has 1 aliphatic heterocycles. The van der Waals surface area contributed by atoms with Crippen LogP contribution in [0.3, 0.4) is 0 Å². The minimum Gasteiger partial charge on any atom is -0.392 e. The quantitative estimate of drug-likeness (QED) is 0.525. The van der Waals surface area contributed by atoms with Crippen molar-refractivity contribution in [2.24, 2.45) is 22.7 Å². The SMILES string of the molecule is C=C(C)[C@H](O)CC[C@]1(C)[C@@H](Cl)C[C@H](O)[C@]2(C)[C@@H]3C(=CC[C@@H]12)CO[C@H]3O. The lowest BCUT2D eigenvalue weighted by molar-refractivity contribution is -0.183. The van der Waals surface area contributed by atoms with Gasteiger partial charge in [0.15, 0.2) is 6.29 Å². The first-order chi connectivity index (χ1) is 11.6. The predicted octanol–water partition coefficient (Wildman–Crippen LogP) is 3.00. The van der Waals surface area contributed by atoms with E-state index in [0.29, 0.717) is 19.4 Å². The molecule has 1 heterocycles. The van der Waals surface area contributed by atoms with Crippen LogP contribution in [0.1, 0.15) is 46.5 Å². The normalized spacial score (nSPS) is 47.6. The van der Waals surface area contributed by atoms with E-state index in [1.165, 1.54) is 0 Å². The summed E-state index contributed by atoms with van der Waals surface area (Å²) in [6.45, 7) is 10.4. The summed E-state index contributed by atoms with van der Waals surface area (Å²) in [7, 11) is 0. The first-order valence-corrected chi connectivity index (χ1v) is 9.70. The van der Waals surface area contributed by atoms with Crippen LogP contribution in [0.4, 0.5) is 0 Å². The van der Waals surface area contributed by atoms with Crippen molar-refractivity contribution in [3.05, 3.63) is 23.8 Å². The van der Waals surface area contributed by atoms with Crippen molar-refractivity contribution in [2.75, 3.05) is 6.61 Å². The molecule has 0 radical (unpaired) electrons. The number of ether oxygens (including phenoxy) is 1. The summed E-state index contributed by atoms with van der Waals surface area (Å²) in [5, 5.41) is 31.4. The molecule has 0 unspecified atom stereocenters. The molecule has 3 aliphatic rings. The molecular weight excluding hydrogens is 340 g/mol. The highest BCUT2D eigenvalue weighted by Gasteiger charge is 2.63. The van der Waals surface area contributed by atoms with Gasteiger partial charge in [0.2, 0.25) is 0 Å². The largest absolute Gasteiger partial charge is 0.392 e. The zero-order chi connectivity index (χ0) is 18.6. The molecule has 1 saturated carbocycles. The standard InChI is InChI=1S/C20H31ClO4/c1-11(2)13(22)7-8-19(3)14-6-5-12-10-25-18(24)17(12)20(14,4)16(23)9-15(19)21/h5,13-18,22-24H,1,6-10H2,2-4H3/t13-,14+,15+,16+,17-,18-,19+,20-/m1/s1. The van der Waals surface area contributed by atoms with E-state index in [2.05, 4.69) is 26.5 Å². The van der Waals surface area contributed by atoms with Crippen LogP contribution in [-0.2, 0) is 4.74 Å². The third-order valence-corrected chi connectivity index (χ3v) is 8.00. The van der Waals surface area contributed by atoms with E-state index in [1.54, 1.807) is 0 Å². The van der Waals surface area contributed by atoms with Gasteiger partial charge in [0.05, 0.1) is 18.8 Å². The minimum absolute atomic E-state index is 0.119. The molecule has 2 fully saturated rings. The molecule has 1 saturated heterocycles. The number of aliphatic hydroxyl groups is 3. The number of hydrogen-bond donors (Lipinski definition) is 3. The van der Waals surface area contributed by atoms with Gasteiger partial charge < -0.3 is 20.1 Å². The lowest BCUT2D eigenvalue weighted by Crippen LogP contribution is -2.61. The monoisotopic (exact) mass is 370 g/mol. The Morgan fingerprint density at radius 2 is 2.12 bits per heavy atom. The van der Waals surface area contributed by atoms with Crippen LogP contribution in [0, 0.1) is 22.7 Å². The maximum atomic E-state index is 11.0. The van der Waals surface area contributed by atoms with Crippen LogP contribution in [0.2, 0.25) is 0 Å². The summed E-state index contributed by atoms with van der Waals surface area (Å²) in [6.07, 6.45) is 2.86. The number of allylic oxidation sites excluding steroid dienone is 1. The van der Waals surface area contributed by atoms with Gasteiger partial charge in [-0.1, -0.05) is 32.1 Å². The maximum absolute atomic E-state index is 11.0. The molecule has 0 aromatic carbocycles. The number of alkyl halides is 1. The summed E-state index contributed by atoms with van der Waals surface area (Å²) in [5.74, 6) is -0.0653. The molecule has 25 heavy (non-hydrogen) atoms. The highest BCUT2D eigenvalue weighted by molar-refractivity contribution is 6.21. The lowest BCUT2D eigenvalue weighted by Gasteiger charge is -2.60. The van der Waals surface area contributed by atoms with Crippen molar-refractivity contribution in [2.45, 2.75) is 70.3 Å². The Morgan fingerprint density at radius 3 is 2.76 bits per heavy atom. The number of hydrogen-bond acceptors (Lipinski definition) is 4. The maximum Gasteiger partial charge on any atom is 0.162 e. The number of halogens is 1. The molecule has 8 atom stereocenters. The summed E-state index contributed by atoms with van der Waals surface area (Å²) in [4.78, 5) is 0. The van der Waals surface area contributed by atoms with Crippen molar-refractivity contribution in [1.29, 1.82) is 0 Å². The minimum atomic E-state index is -0.870. The Kier molecular flexibility index (Phi) is 5.15. The number of fused-ring (bicyclic) bond motifs is 3. The van der Waals surface area contributed by atoms with Gasteiger partial charge in [0.25, 0.3) is 0 Å². The van der Waals surface area contributed by atoms with E-state index in [4.69, 9.17) is 16.3 Å². The van der Waals surface area contributed by atoms with Crippen LogP contribution < -0.4 is 0 Å². The third kappa shape index (κ3) is 2.90. The van der Waals surface area contributed by atoms with E-state index >= 15 is 0 Å². The van der Waals surface area contributed by atoms with E-state index in [-0.39, 0.29) is 22.6 Å². The highest BCUT2D eigenvalue weighted by atomic mass is 35.5. The fourth-order valence-corrected chi connectivity index (χ4v) is 5.99. The van der Waals surface area contributed by atoms with Gasteiger partial charge in [-0.3, -0.25) is 0 Å². The second kappa shape index (κ2) is 6.65. The highest BCUT2D eigenvalue weighted by Crippen LogP contribution is 2.64. The molecule has 3 N–H and O–H groups in total. The van der Waals surface area contributed by atoms with Crippen molar-refractivity contribution in [1.82, 2.24) is 0 Å². The fraction of sp³-hybridized carbons (Fsp3) is 0.800. The van der Waals surface area contributed by atoms with Crippen LogP contribution >= 0.6 is 11.6 Å². The van der Waals surface area contributed by atoms with E-state index in [9.17, 15) is 15.3 Å². The Bertz CT molecular complexity index is 576. The number of rotatable bonds is 4. The first-order valence-electron chi connectivity index (χ1n) is 9.26. The smallest absolute Gasteiger partial charge is 0.162 e.